The fraction of sp³-hybridized carbons (Fsp3) is 0.500. The molecule has 0 aliphatic carbocycles. The second-order valence-electron chi connectivity index (χ2n) is 4.57. The van der Waals surface area contributed by atoms with Crippen LogP contribution in [0.4, 0.5) is 5.69 Å². The second kappa shape index (κ2) is 6.17. The smallest absolute Gasteiger partial charge is 0.101 e. The van der Waals surface area contributed by atoms with Crippen LogP contribution in [0.1, 0.15) is 37.8 Å². The lowest BCUT2D eigenvalue weighted by Gasteiger charge is -2.11. The number of rotatable bonds is 5. The maximum absolute atomic E-state index is 9.00. The van der Waals surface area contributed by atoms with E-state index in [4.69, 9.17) is 5.26 Å². The van der Waals surface area contributed by atoms with Crippen LogP contribution in [-0.4, -0.2) is 6.54 Å². The fourth-order valence-electron chi connectivity index (χ4n) is 1.72. The van der Waals surface area contributed by atoms with Gasteiger partial charge in [-0.3, -0.25) is 0 Å². The third-order valence-corrected chi connectivity index (χ3v) is 2.65. The number of para-hydroxylation sites is 1. The average Bonchev–Trinajstić information content (AvgIpc) is 2.25. The third kappa shape index (κ3) is 3.58. The van der Waals surface area contributed by atoms with Gasteiger partial charge in [0.05, 0.1) is 11.3 Å². The SMILES string of the molecule is Cc1cccc(C#N)c1NCCCC(C)C. The lowest BCUT2D eigenvalue weighted by Crippen LogP contribution is -2.06. The summed E-state index contributed by atoms with van der Waals surface area (Å²) in [4.78, 5) is 0. The Morgan fingerprint density at radius 1 is 1.38 bits per heavy atom. The Hall–Kier alpha value is -1.49. The monoisotopic (exact) mass is 216 g/mol. The molecule has 0 heterocycles. The van der Waals surface area contributed by atoms with Crippen LogP contribution in [0.3, 0.4) is 0 Å². The molecule has 1 rings (SSSR count). The standard InChI is InChI=1S/C14H20N2/c1-11(2)6-5-9-16-14-12(3)7-4-8-13(14)10-15/h4,7-8,11,16H,5-6,9H2,1-3H3. The van der Waals surface area contributed by atoms with Crippen LogP contribution in [0.5, 0.6) is 0 Å². The molecule has 0 atom stereocenters. The van der Waals surface area contributed by atoms with E-state index in [-0.39, 0.29) is 0 Å². The molecule has 0 fully saturated rings. The van der Waals surface area contributed by atoms with E-state index >= 15 is 0 Å². The molecule has 1 aromatic carbocycles. The molecule has 0 bridgehead atoms. The lowest BCUT2D eigenvalue weighted by molar-refractivity contribution is 0.567. The molecule has 0 saturated heterocycles. The van der Waals surface area contributed by atoms with Crippen LogP contribution in [0.15, 0.2) is 18.2 Å². The summed E-state index contributed by atoms with van der Waals surface area (Å²) in [5, 5.41) is 12.4. The van der Waals surface area contributed by atoms with Gasteiger partial charge in [0.1, 0.15) is 6.07 Å². The zero-order valence-electron chi connectivity index (χ0n) is 10.4. The largest absolute Gasteiger partial charge is 0.384 e. The van der Waals surface area contributed by atoms with Crippen molar-refractivity contribution in [3.63, 3.8) is 0 Å². The number of hydrogen-bond donors (Lipinski definition) is 1. The highest BCUT2D eigenvalue weighted by Gasteiger charge is 2.03. The molecular formula is C14H20N2. The number of nitriles is 1. The normalized spacial score (nSPS) is 10.2. The summed E-state index contributed by atoms with van der Waals surface area (Å²) in [5.41, 5.74) is 2.88. The Labute approximate surface area is 98.3 Å². The molecule has 0 aliphatic heterocycles. The van der Waals surface area contributed by atoms with Crippen molar-refractivity contribution < 1.29 is 0 Å². The first-order valence-corrected chi connectivity index (χ1v) is 5.88. The zero-order chi connectivity index (χ0) is 12.0. The predicted octanol–water partition coefficient (Wildman–Crippen LogP) is 3.71. The molecule has 2 heteroatoms. The highest BCUT2D eigenvalue weighted by Crippen LogP contribution is 2.19. The van der Waals surface area contributed by atoms with Crippen molar-refractivity contribution in [1.29, 1.82) is 5.26 Å². The molecule has 0 aromatic heterocycles. The maximum atomic E-state index is 9.00. The molecule has 1 N–H and O–H groups in total. The van der Waals surface area contributed by atoms with Gasteiger partial charge in [0.25, 0.3) is 0 Å². The van der Waals surface area contributed by atoms with E-state index in [2.05, 4.69) is 25.2 Å². The summed E-state index contributed by atoms with van der Waals surface area (Å²) in [5.74, 6) is 0.745. The minimum atomic E-state index is 0.740. The predicted molar refractivity (Wildman–Crippen MR) is 68.5 cm³/mol. The van der Waals surface area contributed by atoms with Crippen molar-refractivity contribution in [3.8, 4) is 6.07 Å². The number of aryl methyl sites for hydroxylation is 1. The lowest BCUT2D eigenvalue weighted by atomic mass is 10.1. The van der Waals surface area contributed by atoms with E-state index in [0.29, 0.717) is 0 Å². The van der Waals surface area contributed by atoms with E-state index in [1.54, 1.807) is 0 Å². The first-order chi connectivity index (χ1) is 7.65. The summed E-state index contributed by atoms with van der Waals surface area (Å²) in [6.07, 6.45) is 2.37. The Morgan fingerprint density at radius 3 is 2.75 bits per heavy atom. The Morgan fingerprint density at radius 2 is 2.12 bits per heavy atom. The minimum Gasteiger partial charge on any atom is -0.384 e. The van der Waals surface area contributed by atoms with Gasteiger partial charge in [-0.2, -0.15) is 5.26 Å². The van der Waals surface area contributed by atoms with Gasteiger partial charge in [0, 0.05) is 6.54 Å². The number of nitrogens with zero attached hydrogens (tertiary/aromatic N) is 1. The number of benzene rings is 1. The molecule has 86 valence electrons. The van der Waals surface area contributed by atoms with E-state index in [1.807, 2.05) is 25.1 Å². The van der Waals surface area contributed by atoms with Crippen LogP contribution in [-0.2, 0) is 0 Å². The molecule has 0 radical (unpaired) electrons. The van der Waals surface area contributed by atoms with Crippen molar-refractivity contribution >= 4 is 5.69 Å². The Balaban J connectivity index is 2.57. The van der Waals surface area contributed by atoms with Crippen molar-refractivity contribution in [1.82, 2.24) is 0 Å². The van der Waals surface area contributed by atoms with Gasteiger partial charge >= 0.3 is 0 Å². The van der Waals surface area contributed by atoms with Crippen molar-refractivity contribution in [2.45, 2.75) is 33.6 Å². The summed E-state index contributed by atoms with van der Waals surface area (Å²) in [6.45, 7) is 7.44. The van der Waals surface area contributed by atoms with Crippen molar-refractivity contribution in [2.75, 3.05) is 11.9 Å². The number of anilines is 1. The average molecular weight is 216 g/mol. The molecule has 0 spiro atoms. The zero-order valence-corrected chi connectivity index (χ0v) is 10.4. The number of hydrogen-bond acceptors (Lipinski definition) is 2. The van der Waals surface area contributed by atoms with Gasteiger partial charge in [0.15, 0.2) is 0 Å². The molecule has 0 unspecified atom stereocenters. The summed E-state index contributed by atoms with van der Waals surface area (Å²) in [7, 11) is 0. The second-order valence-corrected chi connectivity index (χ2v) is 4.57. The molecule has 0 amide bonds. The van der Waals surface area contributed by atoms with Crippen molar-refractivity contribution in [3.05, 3.63) is 29.3 Å². The maximum Gasteiger partial charge on any atom is 0.101 e. The van der Waals surface area contributed by atoms with Gasteiger partial charge in [-0.25, -0.2) is 0 Å². The topological polar surface area (TPSA) is 35.8 Å². The third-order valence-electron chi connectivity index (χ3n) is 2.65. The summed E-state index contributed by atoms with van der Waals surface area (Å²) >= 11 is 0. The van der Waals surface area contributed by atoms with Gasteiger partial charge in [-0.15, -0.1) is 0 Å². The van der Waals surface area contributed by atoms with Crippen LogP contribution >= 0.6 is 0 Å². The summed E-state index contributed by atoms with van der Waals surface area (Å²) in [6, 6.07) is 8.04. The molecule has 1 aromatic rings. The molecule has 2 nitrogen and oxygen atoms in total. The molecular weight excluding hydrogens is 196 g/mol. The van der Waals surface area contributed by atoms with Crippen LogP contribution in [0.25, 0.3) is 0 Å². The van der Waals surface area contributed by atoms with Crippen LogP contribution < -0.4 is 5.32 Å². The van der Waals surface area contributed by atoms with E-state index < -0.39 is 0 Å². The Kier molecular flexibility index (Phi) is 4.85. The number of nitrogens with one attached hydrogen (secondary N) is 1. The van der Waals surface area contributed by atoms with Gasteiger partial charge in [0.2, 0.25) is 0 Å². The van der Waals surface area contributed by atoms with Gasteiger partial charge < -0.3 is 5.32 Å². The van der Waals surface area contributed by atoms with Gasteiger partial charge in [-0.1, -0.05) is 26.0 Å². The van der Waals surface area contributed by atoms with Gasteiger partial charge in [-0.05, 0) is 37.3 Å². The molecule has 0 saturated carbocycles. The highest BCUT2D eigenvalue weighted by molar-refractivity contribution is 5.62. The molecule has 16 heavy (non-hydrogen) atoms. The summed E-state index contributed by atoms with van der Waals surface area (Å²) < 4.78 is 0. The fourth-order valence-corrected chi connectivity index (χ4v) is 1.72. The molecule has 0 aliphatic rings. The highest BCUT2D eigenvalue weighted by atomic mass is 14.9. The quantitative estimate of drug-likeness (QED) is 0.761. The van der Waals surface area contributed by atoms with E-state index in [9.17, 15) is 0 Å². The van der Waals surface area contributed by atoms with E-state index in [1.165, 1.54) is 6.42 Å². The Bertz CT molecular complexity index is 375. The van der Waals surface area contributed by atoms with Crippen LogP contribution in [0.2, 0.25) is 0 Å². The first kappa shape index (κ1) is 12.6. The first-order valence-electron chi connectivity index (χ1n) is 5.88. The van der Waals surface area contributed by atoms with Crippen molar-refractivity contribution in [2.24, 2.45) is 5.92 Å². The van der Waals surface area contributed by atoms with Crippen LogP contribution in [0, 0.1) is 24.2 Å². The minimum absolute atomic E-state index is 0.740. The van der Waals surface area contributed by atoms with E-state index in [0.717, 1.165) is 35.7 Å².